The second-order valence-corrected chi connectivity index (χ2v) is 5.21. The fourth-order valence-electron chi connectivity index (χ4n) is 2.18. The zero-order valence-corrected chi connectivity index (χ0v) is 12.0. The van der Waals surface area contributed by atoms with Crippen molar-refractivity contribution in [3.05, 3.63) is 22.8 Å². The third-order valence-corrected chi connectivity index (χ3v) is 3.46. The lowest BCUT2D eigenvalue weighted by atomic mass is 10.2. The minimum atomic E-state index is -0.113. The molecule has 0 saturated carbocycles. The normalized spacial score (nSPS) is 19.4. The van der Waals surface area contributed by atoms with Gasteiger partial charge in [-0.1, -0.05) is 11.6 Å². The van der Waals surface area contributed by atoms with Crippen molar-refractivity contribution in [1.82, 2.24) is 15.2 Å². The highest BCUT2D eigenvalue weighted by atomic mass is 35.5. The minimum absolute atomic E-state index is 0.113. The molecule has 104 valence electrons. The second kappa shape index (κ2) is 6.21. The van der Waals surface area contributed by atoms with E-state index in [4.69, 9.17) is 11.6 Å². The number of likely N-dealkylation sites (N-methyl/N-ethyl adjacent to an activating group) is 1. The van der Waals surface area contributed by atoms with E-state index < -0.39 is 0 Å². The number of amides is 1. The fourth-order valence-corrected chi connectivity index (χ4v) is 2.41. The Balaban J connectivity index is 2.01. The maximum absolute atomic E-state index is 12.1. The first kappa shape index (κ1) is 14.1. The minimum Gasteiger partial charge on any atom is -0.369 e. The van der Waals surface area contributed by atoms with Crippen molar-refractivity contribution in [2.75, 3.05) is 32.0 Å². The molecule has 0 aliphatic carbocycles. The molecule has 2 heterocycles. The molecule has 6 heteroatoms. The van der Waals surface area contributed by atoms with Crippen LogP contribution in [0.3, 0.4) is 0 Å². The Morgan fingerprint density at radius 1 is 1.63 bits per heavy atom. The first-order valence-electron chi connectivity index (χ1n) is 6.49. The summed E-state index contributed by atoms with van der Waals surface area (Å²) >= 11 is 6.08. The number of hydrogen-bond acceptors (Lipinski definition) is 4. The zero-order chi connectivity index (χ0) is 13.8. The maximum atomic E-state index is 12.1. The summed E-state index contributed by atoms with van der Waals surface area (Å²) in [6.07, 6.45) is 2.54. The summed E-state index contributed by atoms with van der Waals surface area (Å²) in [6, 6.07) is 1.87. The Kier molecular flexibility index (Phi) is 4.61. The molecule has 19 heavy (non-hydrogen) atoms. The van der Waals surface area contributed by atoms with Gasteiger partial charge in [-0.3, -0.25) is 4.79 Å². The number of nitrogens with zero attached hydrogens (tertiary/aromatic N) is 2. The number of pyridine rings is 1. The van der Waals surface area contributed by atoms with Gasteiger partial charge < -0.3 is 15.5 Å². The highest BCUT2D eigenvalue weighted by Crippen LogP contribution is 2.20. The van der Waals surface area contributed by atoms with Crippen molar-refractivity contribution in [2.24, 2.45) is 0 Å². The number of rotatable bonds is 4. The van der Waals surface area contributed by atoms with Crippen LogP contribution in [0.1, 0.15) is 23.7 Å². The number of nitrogens with one attached hydrogen (secondary N) is 2. The molecule has 1 aliphatic rings. The van der Waals surface area contributed by atoms with Crippen molar-refractivity contribution in [3.63, 3.8) is 0 Å². The highest BCUT2D eigenvalue weighted by molar-refractivity contribution is 6.33. The van der Waals surface area contributed by atoms with Crippen LogP contribution >= 0.6 is 11.6 Å². The highest BCUT2D eigenvalue weighted by Gasteiger charge is 2.21. The third kappa shape index (κ3) is 3.58. The molecule has 5 nitrogen and oxygen atoms in total. The van der Waals surface area contributed by atoms with Gasteiger partial charge in [-0.05, 0) is 33.0 Å². The van der Waals surface area contributed by atoms with Crippen molar-refractivity contribution >= 4 is 23.3 Å². The van der Waals surface area contributed by atoms with Crippen molar-refractivity contribution < 1.29 is 4.79 Å². The molecule has 0 radical (unpaired) electrons. The number of likely N-dealkylation sites (tertiary alicyclic amines) is 1. The molecule has 2 N–H and O–H groups in total. The van der Waals surface area contributed by atoms with E-state index in [2.05, 4.69) is 27.6 Å². The average molecular weight is 283 g/mol. The standard InChI is InChI=1S/C13H19ClN4O/c1-3-15-12-11(14)6-9(7-16-12)13(19)17-10-4-5-18(2)8-10/h6-7,10H,3-5,8H2,1-2H3,(H,15,16)(H,17,19). The van der Waals surface area contributed by atoms with Crippen LogP contribution in [-0.2, 0) is 0 Å². The first-order chi connectivity index (χ1) is 9.10. The second-order valence-electron chi connectivity index (χ2n) is 4.81. The van der Waals surface area contributed by atoms with Crippen LogP contribution in [0.15, 0.2) is 12.3 Å². The third-order valence-electron chi connectivity index (χ3n) is 3.17. The van der Waals surface area contributed by atoms with Crippen LogP contribution in [0.4, 0.5) is 5.82 Å². The Labute approximate surface area is 118 Å². The predicted molar refractivity (Wildman–Crippen MR) is 76.8 cm³/mol. The van der Waals surface area contributed by atoms with Gasteiger partial charge >= 0.3 is 0 Å². The summed E-state index contributed by atoms with van der Waals surface area (Å²) in [4.78, 5) is 18.4. The monoisotopic (exact) mass is 282 g/mol. The molecule has 0 bridgehead atoms. The van der Waals surface area contributed by atoms with E-state index in [1.165, 1.54) is 0 Å². The lowest BCUT2D eigenvalue weighted by Gasteiger charge is -2.13. The number of carbonyl (C=O) groups is 1. The van der Waals surface area contributed by atoms with E-state index in [9.17, 15) is 4.79 Å². The van der Waals surface area contributed by atoms with E-state index in [1.807, 2.05) is 6.92 Å². The quantitative estimate of drug-likeness (QED) is 0.881. The van der Waals surface area contributed by atoms with Gasteiger partial charge in [0.2, 0.25) is 0 Å². The van der Waals surface area contributed by atoms with E-state index in [1.54, 1.807) is 12.3 Å². The van der Waals surface area contributed by atoms with Gasteiger partial charge in [-0.2, -0.15) is 0 Å². The molecule has 2 rings (SSSR count). The van der Waals surface area contributed by atoms with Gasteiger partial charge in [0.05, 0.1) is 10.6 Å². The van der Waals surface area contributed by atoms with Gasteiger partial charge in [-0.15, -0.1) is 0 Å². The van der Waals surface area contributed by atoms with Gasteiger partial charge in [0.25, 0.3) is 5.91 Å². The van der Waals surface area contributed by atoms with Crippen LogP contribution in [0, 0.1) is 0 Å². The molecular weight excluding hydrogens is 264 g/mol. The molecule has 1 aromatic rings. The SMILES string of the molecule is CCNc1ncc(C(=O)NC2CCN(C)C2)cc1Cl. The van der Waals surface area contributed by atoms with E-state index in [0.29, 0.717) is 16.4 Å². The molecule has 1 fully saturated rings. The average Bonchev–Trinajstić information content (AvgIpc) is 2.77. The number of halogens is 1. The number of aromatic nitrogens is 1. The summed E-state index contributed by atoms with van der Waals surface area (Å²) in [5, 5.41) is 6.51. The zero-order valence-electron chi connectivity index (χ0n) is 11.2. The van der Waals surface area contributed by atoms with Crippen molar-refractivity contribution in [3.8, 4) is 0 Å². The van der Waals surface area contributed by atoms with Gasteiger partial charge in [0.1, 0.15) is 5.82 Å². The number of carbonyl (C=O) groups excluding carboxylic acids is 1. The number of hydrogen-bond donors (Lipinski definition) is 2. The Hall–Kier alpha value is -1.33. The Morgan fingerprint density at radius 3 is 3.00 bits per heavy atom. The lowest BCUT2D eigenvalue weighted by molar-refractivity contribution is 0.0938. The molecular formula is C13H19ClN4O. The summed E-state index contributed by atoms with van der Waals surface area (Å²) in [5.74, 6) is 0.499. The Bertz CT molecular complexity index is 466. The smallest absolute Gasteiger partial charge is 0.253 e. The molecule has 0 aromatic carbocycles. The van der Waals surface area contributed by atoms with Crippen LogP contribution in [0.5, 0.6) is 0 Å². The summed E-state index contributed by atoms with van der Waals surface area (Å²) in [5.41, 5.74) is 0.501. The predicted octanol–water partition coefficient (Wildman–Crippen LogP) is 1.60. The van der Waals surface area contributed by atoms with E-state index in [0.717, 1.165) is 26.1 Å². The van der Waals surface area contributed by atoms with E-state index in [-0.39, 0.29) is 11.9 Å². The van der Waals surface area contributed by atoms with E-state index >= 15 is 0 Å². The van der Waals surface area contributed by atoms with Crippen LogP contribution < -0.4 is 10.6 Å². The van der Waals surface area contributed by atoms with Crippen LogP contribution in [-0.4, -0.2) is 48.5 Å². The molecule has 1 saturated heterocycles. The topological polar surface area (TPSA) is 57.3 Å². The van der Waals surface area contributed by atoms with Crippen molar-refractivity contribution in [1.29, 1.82) is 0 Å². The van der Waals surface area contributed by atoms with Crippen molar-refractivity contribution in [2.45, 2.75) is 19.4 Å². The fraction of sp³-hybridized carbons (Fsp3) is 0.538. The lowest BCUT2D eigenvalue weighted by Crippen LogP contribution is -2.36. The molecule has 1 unspecified atom stereocenters. The molecule has 1 aliphatic heterocycles. The largest absolute Gasteiger partial charge is 0.369 e. The van der Waals surface area contributed by atoms with Crippen LogP contribution in [0.2, 0.25) is 5.02 Å². The molecule has 1 atom stereocenters. The molecule has 0 spiro atoms. The summed E-state index contributed by atoms with van der Waals surface area (Å²) in [6.45, 7) is 4.62. The summed E-state index contributed by atoms with van der Waals surface area (Å²) in [7, 11) is 2.05. The summed E-state index contributed by atoms with van der Waals surface area (Å²) < 4.78 is 0. The Morgan fingerprint density at radius 2 is 2.42 bits per heavy atom. The molecule has 1 amide bonds. The first-order valence-corrected chi connectivity index (χ1v) is 6.86. The van der Waals surface area contributed by atoms with Gasteiger partial charge in [-0.25, -0.2) is 4.98 Å². The van der Waals surface area contributed by atoms with Gasteiger partial charge in [0, 0.05) is 25.3 Å². The molecule has 1 aromatic heterocycles. The van der Waals surface area contributed by atoms with Crippen LogP contribution in [0.25, 0.3) is 0 Å². The number of anilines is 1. The maximum Gasteiger partial charge on any atom is 0.253 e. The van der Waals surface area contributed by atoms with Gasteiger partial charge in [0.15, 0.2) is 0 Å².